The Bertz CT molecular complexity index is 415. The molecule has 1 aromatic rings. The van der Waals surface area contributed by atoms with Crippen LogP contribution in [0.25, 0.3) is 0 Å². The van der Waals surface area contributed by atoms with Crippen molar-refractivity contribution in [1.29, 1.82) is 0 Å². The number of nitrogens with two attached hydrogens (primary N) is 1. The Balaban J connectivity index is 2.54. The summed E-state index contributed by atoms with van der Waals surface area (Å²) in [6, 6.07) is 1.33. The first-order valence-electron chi connectivity index (χ1n) is 6.06. The second kappa shape index (κ2) is 7.13. The SMILES string of the molecule is CC(N)COc1cnn(CCOC(C)C)c(=O)c1. The highest BCUT2D eigenvalue weighted by Gasteiger charge is 2.03. The maximum Gasteiger partial charge on any atom is 0.270 e. The van der Waals surface area contributed by atoms with Gasteiger partial charge < -0.3 is 15.2 Å². The van der Waals surface area contributed by atoms with Crippen molar-refractivity contribution < 1.29 is 9.47 Å². The van der Waals surface area contributed by atoms with Gasteiger partial charge in [-0.05, 0) is 20.8 Å². The maximum atomic E-state index is 11.7. The van der Waals surface area contributed by atoms with E-state index in [-0.39, 0.29) is 17.7 Å². The fourth-order valence-corrected chi connectivity index (χ4v) is 1.27. The number of hydrogen-bond donors (Lipinski definition) is 1. The Kier molecular flexibility index (Phi) is 5.80. The Morgan fingerprint density at radius 1 is 1.44 bits per heavy atom. The molecule has 1 aromatic heterocycles. The van der Waals surface area contributed by atoms with E-state index < -0.39 is 0 Å². The highest BCUT2D eigenvalue weighted by Crippen LogP contribution is 2.03. The van der Waals surface area contributed by atoms with Crippen LogP contribution in [0.15, 0.2) is 17.1 Å². The van der Waals surface area contributed by atoms with Gasteiger partial charge in [-0.2, -0.15) is 5.10 Å². The van der Waals surface area contributed by atoms with Crippen molar-refractivity contribution in [3.05, 3.63) is 22.6 Å². The first kappa shape index (κ1) is 14.7. The molecule has 1 unspecified atom stereocenters. The minimum atomic E-state index is -0.204. The predicted molar refractivity (Wildman–Crippen MR) is 68.7 cm³/mol. The third-order valence-corrected chi connectivity index (χ3v) is 2.11. The fraction of sp³-hybridized carbons (Fsp3) is 0.667. The zero-order valence-corrected chi connectivity index (χ0v) is 11.1. The average Bonchev–Trinajstić information content (AvgIpc) is 2.28. The molecule has 6 heteroatoms. The molecule has 0 saturated heterocycles. The largest absolute Gasteiger partial charge is 0.490 e. The molecule has 18 heavy (non-hydrogen) atoms. The molecule has 0 radical (unpaired) electrons. The standard InChI is InChI=1S/C12H21N3O3/c1-9(2)17-5-4-15-12(16)6-11(7-14-15)18-8-10(3)13/h6-7,9-10H,4-5,8,13H2,1-3H3. The second-order valence-corrected chi connectivity index (χ2v) is 4.46. The van der Waals surface area contributed by atoms with Crippen LogP contribution in [0.5, 0.6) is 5.75 Å². The molecular formula is C12H21N3O3. The number of rotatable bonds is 7. The Labute approximate surface area is 107 Å². The summed E-state index contributed by atoms with van der Waals surface area (Å²) < 4.78 is 12.0. The third kappa shape index (κ3) is 5.29. The summed E-state index contributed by atoms with van der Waals surface area (Å²) >= 11 is 0. The number of aromatic nitrogens is 2. The third-order valence-electron chi connectivity index (χ3n) is 2.11. The van der Waals surface area contributed by atoms with Crippen LogP contribution in [0.2, 0.25) is 0 Å². The van der Waals surface area contributed by atoms with E-state index in [4.69, 9.17) is 15.2 Å². The van der Waals surface area contributed by atoms with Crippen LogP contribution >= 0.6 is 0 Å². The first-order chi connectivity index (χ1) is 8.49. The number of ether oxygens (including phenoxy) is 2. The summed E-state index contributed by atoms with van der Waals surface area (Å²) in [5, 5.41) is 4.01. The van der Waals surface area contributed by atoms with E-state index >= 15 is 0 Å². The Hall–Kier alpha value is -1.40. The minimum Gasteiger partial charge on any atom is -0.490 e. The van der Waals surface area contributed by atoms with Crippen LogP contribution in [-0.2, 0) is 11.3 Å². The molecule has 102 valence electrons. The highest BCUT2D eigenvalue weighted by atomic mass is 16.5. The van der Waals surface area contributed by atoms with E-state index in [2.05, 4.69) is 5.10 Å². The second-order valence-electron chi connectivity index (χ2n) is 4.46. The van der Waals surface area contributed by atoms with Crippen molar-refractivity contribution in [3.63, 3.8) is 0 Å². The van der Waals surface area contributed by atoms with Gasteiger partial charge in [0, 0.05) is 12.1 Å². The lowest BCUT2D eigenvalue weighted by atomic mass is 10.4. The first-order valence-corrected chi connectivity index (χ1v) is 6.06. The van der Waals surface area contributed by atoms with Gasteiger partial charge in [0.15, 0.2) is 0 Å². The van der Waals surface area contributed by atoms with Crippen molar-refractivity contribution in [2.24, 2.45) is 5.73 Å². The maximum absolute atomic E-state index is 11.7. The molecule has 1 heterocycles. The van der Waals surface area contributed by atoms with Crippen molar-refractivity contribution >= 4 is 0 Å². The molecule has 0 saturated carbocycles. The molecule has 2 N–H and O–H groups in total. The molecule has 6 nitrogen and oxygen atoms in total. The van der Waals surface area contributed by atoms with Crippen LogP contribution < -0.4 is 16.0 Å². The summed E-state index contributed by atoms with van der Waals surface area (Å²) in [7, 11) is 0. The van der Waals surface area contributed by atoms with E-state index in [9.17, 15) is 4.79 Å². The predicted octanol–water partition coefficient (Wildman–Crippen LogP) is 0.394. The van der Waals surface area contributed by atoms with E-state index in [0.717, 1.165) is 0 Å². The van der Waals surface area contributed by atoms with Crippen LogP contribution in [0.3, 0.4) is 0 Å². The number of hydrogen-bond acceptors (Lipinski definition) is 5. The summed E-state index contributed by atoms with van der Waals surface area (Å²) in [5.41, 5.74) is 5.35. The lowest BCUT2D eigenvalue weighted by Crippen LogP contribution is -2.27. The molecular weight excluding hydrogens is 234 g/mol. The van der Waals surface area contributed by atoms with Gasteiger partial charge in [0.25, 0.3) is 5.56 Å². The van der Waals surface area contributed by atoms with Gasteiger partial charge >= 0.3 is 0 Å². The normalized spacial score (nSPS) is 12.7. The Morgan fingerprint density at radius 3 is 2.72 bits per heavy atom. The smallest absolute Gasteiger partial charge is 0.270 e. The van der Waals surface area contributed by atoms with E-state index in [1.807, 2.05) is 20.8 Å². The van der Waals surface area contributed by atoms with Gasteiger partial charge in [-0.25, -0.2) is 4.68 Å². The summed E-state index contributed by atoms with van der Waals surface area (Å²) in [4.78, 5) is 11.7. The van der Waals surface area contributed by atoms with Crippen LogP contribution in [0.1, 0.15) is 20.8 Å². The van der Waals surface area contributed by atoms with Gasteiger partial charge in [-0.15, -0.1) is 0 Å². The van der Waals surface area contributed by atoms with Gasteiger partial charge in [0.05, 0.1) is 25.5 Å². The van der Waals surface area contributed by atoms with Gasteiger partial charge in [0.2, 0.25) is 0 Å². The molecule has 1 atom stereocenters. The molecule has 0 bridgehead atoms. The summed E-state index contributed by atoms with van der Waals surface area (Å²) in [6.07, 6.45) is 1.66. The molecule has 0 aliphatic rings. The van der Waals surface area contributed by atoms with E-state index in [1.54, 1.807) is 0 Å². The monoisotopic (exact) mass is 255 g/mol. The molecule has 0 amide bonds. The van der Waals surface area contributed by atoms with Gasteiger partial charge in [-0.3, -0.25) is 4.79 Å². The molecule has 0 fully saturated rings. The van der Waals surface area contributed by atoms with Crippen LogP contribution in [0.4, 0.5) is 0 Å². The van der Waals surface area contributed by atoms with Gasteiger partial charge in [-0.1, -0.05) is 0 Å². The fourth-order valence-electron chi connectivity index (χ4n) is 1.27. The highest BCUT2D eigenvalue weighted by molar-refractivity contribution is 5.13. The molecule has 0 aromatic carbocycles. The minimum absolute atomic E-state index is 0.0770. The summed E-state index contributed by atoms with van der Waals surface area (Å²) in [5.74, 6) is 0.443. The average molecular weight is 255 g/mol. The molecule has 1 rings (SSSR count). The van der Waals surface area contributed by atoms with Crippen LogP contribution in [0, 0.1) is 0 Å². The lowest BCUT2D eigenvalue weighted by molar-refractivity contribution is 0.0701. The molecule has 0 aliphatic carbocycles. The quantitative estimate of drug-likeness (QED) is 0.762. The topological polar surface area (TPSA) is 79.4 Å². The molecule has 0 spiro atoms. The summed E-state index contributed by atoms with van der Waals surface area (Å²) in [6.45, 7) is 6.98. The lowest BCUT2D eigenvalue weighted by Gasteiger charge is -2.10. The van der Waals surface area contributed by atoms with Crippen molar-refractivity contribution in [2.45, 2.75) is 39.5 Å². The Morgan fingerprint density at radius 2 is 2.17 bits per heavy atom. The van der Waals surface area contributed by atoms with Crippen molar-refractivity contribution in [3.8, 4) is 5.75 Å². The zero-order chi connectivity index (χ0) is 13.5. The van der Waals surface area contributed by atoms with Crippen LogP contribution in [-0.4, -0.2) is 35.1 Å². The number of nitrogens with zero attached hydrogens (tertiary/aromatic N) is 2. The van der Waals surface area contributed by atoms with Gasteiger partial charge in [0.1, 0.15) is 12.4 Å². The van der Waals surface area contributed by atoms with E-state index in [1.165, 1.54) is 16.9 Å². The van der Waals surface area contributed by atoms with E-state index in [0.29, 0.717) is 25.5 Å². The zero-order valence-electron chi connectivity index (χ0n) is 11.1. The van der Waals surface area contributed by atoms with Crippen molar-refractivity contribution in [2.75, 3.05) is 13.2 Å². The van der Waals surface area contributed by atoms with Crippen molar-refractivity contribution in [1.82, 2.24) is 9.78 Å². The molecule has 0 aliphatic heterocycles.